The van der Waals surface area contributed by atoms with Crippen LogP contribution in [-0.2, 0) is 23.6 Å². The van der Waals surface area contributed by atoms with Crippen LogP contribution in [0.15, 0.2) is 0 Å². The van der Waals surface area contributed by atoms with Crippen LogP contribution in [0.1, 0.15) is 0 Å². The van der Waals surface area contributed by atoms with E-state index in [9.17, 15) is 30.6 Å². The van der Waals surface area contributed by atoms with Crippen LogP contribution in [0.3, 0.4) is 0 Å². The highest BCUT2D eigenvalue weighted by atomic mass is 17.1. The van der Waals surface area contributed by atoms with Gasteiger partial charge in [0.05, 0.1) is 13.2 Å². The number of aliphatic hydroxyl groups is 8. The Hall–Kier alpha value is -0.495. The van der Waals surface area contributed by atoms with Gasteiger partial charge in [0.1, 0.15) is 48.8 Å². The second-order valence-corrected chi connectivity index (χ2v) is 6.06. The number of rotatable bonds is 7. The van der Waals surface area contributed by atoms with Crippen molar-refractivity contribution in [2.75, 3.05) is 13.2 Å². The van der Waals surface area contributed by atoms with Crippen molar-refractivity contribution in [3.05, 3.63) is 0 Å². The Morgan fingerprint density at radius 3 is 1.30 bits per heavy atom. The molecule has 0 aromatic carbocycles. The minimum atomic E-state index is -2.10. The Morgan fingerprint density at radius 1 is 0.630 bits per heavy atom. The molecule has 14 nitrogen and oxygen atoms in total. The summed E-state index contributed by atoms with van der Waals surface area (Å²) in [5, 5.41) is 85.6. The maximum absolute atomic E-state index is 9.86. The highest BCUT2D eigenvalue weighted by molar-refractivity contribution is 6.36. The summed E-state index contributed by atoms with van der Waals surface area (Å²) in [5.74, 6) is 0. The molecule has 2 aliphatic heterocycles. The molecular formula is C12H23BO14. The van der Waals surface area contributed by atoms with Crippen LogP contribution in [0, 0.1) is 0 Å². The topological polar surface area (TPSA) is 228 Å². The van der Waals surface area contributed by atoms with Crippen molar-refractivity contribution in [2.24, 2.45) is 0 Å². The molecule has 10 atom stereocenters. The molecule has 0 radical (unpaired) electrons. The van der Waals surface area contributed by atoms with Crippen molar-refractivity contribution in [3.63, 3.8) is 0 Å². The van der Waals surface area contributed by atoms with E-state index < -0.39 is 81.9 Å². The van der Waals surface area contributed by atoms with Gasteiger partial charge < -0.3 is 59.6 Å². The normalized spacial score (nSPS) is 45.7. The van der Waals surface area contributed by atoms with E-state index in [1.165, 1.54) is 0 Å². The number of ether oxygens (including phenoxy) is 2. The van der Waals surface area contributed by atoms with Crippen molar-refractivity contribution in [1.82, 2.24) is 0 Å². The molecular weight excluding hydrogens is 379 g/mol. The quantitative estimate of drug-likeness (QED) is 0.110. The summed E-state index contributed by atoms with van der Waals surface area (Å²) >= 11 is 0. The lowest BCUT2D eigenvalue weighted by Crippen LogP contribution is -2.62. The molecule has 0 amide bonds. The first-order chi connectivity index (χ1) is 12.7. The lowest BCUT2D eigenvalue weighted by molar-refractivity contribution is -0.316. The molecule has 0 saturated carbocycles. The molecule has 2 saturated heterocycles. The summed E-state index contributed by atoms with van der Waals surface area (Å²) < 4.78 is 19.9. The molecule has 27 heavy (non-hydrogen) atoms. The van der Waals surface area contributed by atoms with E-state index in [-0.39, 0.29) is 0 Å². The molecule has 2 aliphatic rings. The lowest BCUT2D eigenvalue weighted by atomic mass is 9.98. The molecule has 0 aromatic heterocycles. The van der Waals surface area contributed by atoms with Crippen LogP contribution >= 0.6 is 0 Å². The zero-order valence-electron chi connectivity index (χ0n) is 13.8. The minimum absolute atomic E-state index is 0.733. The van der Waals surface area contributed by atoms with Crippen LogP contribution in [-0.4, -0.2) is 128 Å². The van der Waals surface area contributed by atoms with Gasteiger partial charge in [-0.25, -0.2) is 4.81 Å². The number of hydrogen-bond donors (Lipinski definition) is 9. The SMILES string of the molecule is OC[C@H]1OC(OB(OO)OC2O[C@H](CO)[C@@H](O)[C@H](O)[C@H]2O)[C@H](O)[C@@H](O)[C@@H]1O. The average molecular weight is 402 g/mol. The summed E-state index contributed by atoms with van der Waals surface area (Å²) in [4.78, 5) is 3.87. The van der Waals surface area contributed by atoms with Gasteiger partial charge in [-0.3, -0.25) is 5.26 Å². The van der Waals surface area contributed by atoms with Crippen LogP contribution in [0.2, 0.25) is 0 Å². The first-order valence-corrected chi connectivity index (χ1v) is 7.97. The van der Waals surface area contributed by atoms with Crippen molar-refractivity contribution in [2.45, 2.75) is 61.4 Å². The predicted molar refractivity (Wildman–Crippen MR) is 79.2 cm³/mol. The molecule has 2 heterocycles. The Bertz CT molecular complexity index is 416. The minimum Gasteiger partial charge on any atom is -0.394 e. The van der Waals surface area contributed by atoms with Crippen LogP contribution < -0.4 is 0 Å². The first-order valence-electron chi connectivity index (χ1n) is 7.97. The third-order valence-corrected chi connectivity index (χ3v) is 4.27. The Kier molecular flexibility index (Phi) is 8.28. The monoisotopic (exact) mass is 402 g/mol. The largest absolute Gasteiger partial charge is 0.671 e. The highest BCUT2D eigenvalue weighted by Crippen LogP contribution is 2.25. The summed E-state index contributed by atoms with van der Waals surface area (Å²) in [6.07, 6.45) is -16.6. The molecule has 158 valence electrons. The van der Waals surface area contributed by atoms with E-state index in [0.717, 1.165) is 0 Å². The second-order valence-electron chi connectivity index (χ2n) is 6.06. The zero-order valence-corrected chi connectivity index (χ0v) is 13.8. The predicted octanol–water partition coefficient (Wildman–Crippen LogP) is -5.91. The number of aliphatic hydroxyl groups excluding tert-OH is 8. The first kappa shape index (κ1) is 22.8. The molecule has 2 fully saturated rings. The van der Waals surface area contributed by atoms with Gasteiger partial charge in [0.2, 0.25) is 0 Å². The van der Waals surface area contributed by atoms with E-state index in [2.05, 4.69) is 4.81 Å². The Labute approximate surface area is 152 Å². The standard InChI is InChI=1S/C12H23BO14/c14-1-3-5(16)7(18)9(20)11(23-3)25-13(27-22)26-12-10(21)8(19)6(17)4(2-15)24-12/h3-12,14-22H,1-2H2/t3-,4-,5-,6-,7+,8+,9-,10-,11?,12?/m1/s1. The van der Waals surface area contributed by atoms with Gasteiger partial charge in [-0.05, 0) is 0 Å². The van der Waals surface area contributed by atoms with Gasteiger partial charge in [-0.15, -0.1) is 0 Å². The summed E-state index contributed by atoms with van der Waals surface area (Å²) in [6.45, 7) is -1.47. The van der Waals surface area contributed by atoms with E-state index in [4.69, 9.17) is 34.3 Å². The van der Waals surface area contributed by atoms with Gasteiger partial charge in [0.25, 0.3) is 0 Å². The fourth-order valence-electron chi connectivity index (χ4n) is 2.66. The molecule has 2 unspecified atom stereocenters. The molecule has 2 rings (SSSR count). The third-order valence-electron chi connectivity index (χ3n) is 4.27. The molecule has 15 heteroatoms. The van der Waals surface area contributed by atoms with Gasteiger partial charge in [0.15, 0.2) is 12.6 Å². The summed E-state index contributed by atoms with van der Waals surface area (Å²) in [6, 6.07) is 0. The third kappa shape index (κ3) is 4.92. The van der Waals surface area contributed by atoms with Crippen molar-refractivity contribution in [3.8, 4) is 0 Å². The van der Waals surface area contributed by atoms with Crippen molar-refractivity contribution in [1.29, 1.82) is 0 Å². The fraction of sp³-hybridized carbons (Fsp3) is 1.00. The molecule has 9 N–H and O–H groups in total. The van der Waals surface area contributed by atoms with Gasteiger partial charge >= 0.3 is 7.32 Å². The average Bonchev–Trinajstić information content (AvgIpc) is 2.67. The Morgan fingerprint density at radius 2 is 1.00 bits per heavy atom. The maximum Gasteiger partial charge on any atom is 0.671 e. The molecule has 0 spiro atoms. The van der Waals surface area contributed by atoms with Crippen LogP contribution in [0.5, 0.6) is 0 Å². The maximum atomic E-state index is 9.86. The van der Waals surface area contributed by atoms with E-state index in [0.29, 0.717) is 0 Å². The number of hydrogen-bond acceptors (Lipinski definition) is 14. The van der Waals surface area contributed by atoms with E-state index in [1.807, 2.05) is 0 Å². The fourth-order valence-corrected chi connectivity index (χ4v) is 2.66. The van der Waals surface area contributed by atoms with Crippen molar-refractivity contribution >= 4 is 7.32 Å². The van der Waals surface area contributed by atoms with E-state index >= 15 is 0 Å². The van der Waals surface area contributed by atoms with E-state index in [1.54, 1.807) is 0 Å². The Balaban J connectivity index is 2.02. The highest BCUT2D eigenvalue weighted by Gasteiger charge is 2.49. The molecule has 0 bridgehead atoms. The van der Waals surface area contributed by atoms with Crippen LogP contribution in [0.25, 0.3) is 0 Å². The van der Waals surface area contributed by atoms with Gasteiger partial charge in [0, 0.05) is 0 Å². The van der Waals surface area contributed by atoms with Crippen LogP contribution in [0.4, 0.5) is 0 Å². The second kappa shape index (κ2) is 9.81. The van der Waals surface area contributed by atoms with Gasteiger partial charge in [-0.2, -0.15) is 0 Å². The summed E-state index contributed by atoms with van der Waals surface area (Å²) in [7, 11) is -2.10. The zero-order chi connectivity index (χ0) is 20.3. The lowest BCUT2D eigenvalue weighted by Gasteiger charge is -2.41. The molecule has 0 aliphatic carbocycles. The smallest absolute Gasteiger partial charge is 0.394 e. The summed E-state index contributed by atoms with van der Waals surface area (Å²) in [5.41, 5.74) is 0. The van der Waals surface area contributed by atoms with Gasteiger partial charge in [-0.1, -0.05) is 0 Å². The molecule has 0 aromatic rings. The van der Waals surface area contributed by atoms with Crippen molar-refractivity contribution < 1.29 is 69.7 Å².